The number of fused-ring (bicyclic) bond motifs is 1. The third-order valence-corrected chi connectivity index (χ3v) is 9.35. The monoisotopic (exact) mass is 486 g/mol. The highest BCUT2D eigenvalue weighted by Crippen LogP contribution is 2.45. The zero-order chi connectivity index (χ0) is 21.4. The molecular formula is C16H18N6O4S4. The number of rotatable bonds is 6. The molecule has 1 fully saturated rings. The van der Waals surface area contributed by atoms with Crippen molar-refractivity contribution in [1.82, 2.24) is 30.0 Å². The molecule has 1 saturated heterocycles. The van der Waals surface area contributed by atoms with Crippen molar-refractivity contribution in [2.24, 2.45) is 7.05 Å². The molecule has 160 valence electrons. The van der Waals surface area contributed by atoms with Gasteiger partial charge in [0.2, 0.25) is 11.1 Å². The van der Waals surface area contributed by atoms with Crippen LogP contribution < -0.4 is 0 Å². The number of aliphatic carboxylic acids is 1. The van der Waals surface area contributed by atoms with Crippen LogP contribution in [0.3, 0.4) is 0 Å². The minimum atomic E-state index is -1.14. The Labute approximate surface area is 189 Å². The first-order valence-electron chi connectivity index (χ1n) is 8.89. The van der Waals surface area contributed by atoms with Crippen LogP contribution in [0.4, 0.5) is 0 Å². The van der Waals surface area contributed by atoms with E-state index < -0.39 is 17.4 Å². The van der Waals surface area contributed by atoms with Crippen LogP contribution in [-0.4, -0.2) is 87.3 Å². The molecule has 0 radical (unpaired) electrons. The molecule has 0 aliphatic carbocycles. The zero-order valence-corrected chi connectivity index (χ0v) is 19.3. The molecule has 14 heteroatoms. The number of amides is 2. The van der Waals surface area contributed by atoms with Gasteiger partial charge in [-0.1, -0.05) is 11.8 Å². The normalized spacial score (nSPS) is 23.6. The molecule has 3 aliphatic heterocycles. The number of tetrazole rings is 1. The van der Waals surface area contributed by atoms with Crippen molar-refractivity contribution in [2.75, 3.05) is 23.0 Å². The highest BCUT2D eigenvalue weighted by Gasteiger charge is 2.57. The Bertz CT molecular complexity index is 963. The number of carbonyl (C=O) groups excluding carboxylic acids is 2. The summed E-state index contributed by atoms with van der Waals surface area (Å²) in [6.07, 6.45) is 0. The highest BCUT2D eigenvalue weighted by atomic mass is 32.2. The number of thioether (sulfide) groups is 4. The van der Waals surface area contributed by atoms with E-state index in [4.69, 9.17) is 0 Å². The van der Waals surface area contributed by atoms with Crippen LogP contribution in [0.2, 0.25) is 0 Å². The maximum absolute atomic E-state index is 13.1. The summed E-state index contributed by atoms with van der Waals surface area (Å²) < 4.78 is 1.51. The van der Waals surface area contributed by atoms with Gasteiger partial charge < -0.3 is 5.11 Å². The van der Waals surface area contributed by atoms with Crippen molar-refractivity contribution in [1.29, 1.82) is 0 Å². The molecule has 1 N–H and O–H groups in total. The van der Waals surface area contributed by atoms with Crippen LogP contribution in [0.15, 0.2) is 26.9 Å². The van der Waals surface area contributed by atoms with Gasteiger partial charge in [-0.15, -0.1) is 40.4 Å². The number of carbonyl (C=O) groups is 3. The Morgan fingerprint density at radius 2 is 2.20 bits per heavy atom. The standard InChI is InChI=1S/C16H18N6O4S4/c1-8(23)21(10-7-27-3-4-28-10)12-13(24)22-11(15(25)26)9(5-29-14(12)22)6-30-16-17-18-19-20(16)2/h7,12,14H,3-6H2,1-2H3,(H,25,26). The molecule has 0 bridgehead atoms. The molecule has 4 heterocycles. The lowest BCUT2D eigenvalue weighted by Crippen LogP contribution is -2.70. The summed E-state index contributed by atoms with van der Waals surface area (Å²) in [6.45, 7) is 1.44. The summed E-state index contributed by atoms with van der Waals surface area (Å²) in [6, 6.07) is -0.684. The number of β-lactam (4-membered cyclic amide) rings is 1. The van der Waals surface area contributed by atoms with Gasteiger partial charge >= 0.3 is 5.97 Å². The van der Waals surface area contributed by atoms with Gasteiger partial charge in [0, 0.05) is 42.4 Å². The Morgan fingerprint density at radius 3 is 2.80 bits per heavy atom. The van der Waals surface area contributed by atoms with E-state index in [-0.39, 0.29) is 17.5 Å². The second-order valence-electron chi connectivity index (χ2n) is 6.55. The average Bonchev–Trinajstić information content (AvgIpc) is 3.14. The Kier molecular flexibility index (Phi) is 6.36. The molecule has 10 nitrogen and oxygen atoms in total. The van der Waals surface area contributed by atoms with Crippen LogP contribution in [0.25, 0.3) is 0 Å². The van der Waals surface area contributed by atoms with Crippen LogP contribution >= 0.6 is 47.0 Å². The quantitative estimate of drug-likeness (QED) is 0.459. The van der Waals surface area contributed by atoms with Gasteiger partial charge in [0.1, 0.15) is 17.1 Å². The van der Waals surface area contributed by atoms with E-state index in [1.54, 1.807) is 30.6 Å². The minimum Gasteiger partial charge on any atom is -0.477 e. The molecule has 2 amide bonds. The third kappa shape index (κ3) is 3.85. The predicted octanol–water partition coefficient (Wildman–Crippen LogP) is 1.05. The summed E-state index contributed by atoms with van der Waals surface area (Å²) in [7, 11) is 1.70. The summed E-state index contributed by atoms with van der Waals surface area (Å²) in [5, 5.41) is 23.9. The largest absolute Gasteiger partial charge is 0.477 e. The van der Waals surface area contributed by atoms with Crippen LogP contribution in [0.5, 0.6) is 0 Å². The second-order valence-corrected chi connectivity index (χ2v) is 10.7. The molecule has 2 atom stereocenters. The predicted molar refractivity (Wildman–Crippen MR) is 117 cm³/mol. The van der Waals surface area contributed by atoms with E-state index in [0.717, 1.165) is 16.5 Å². The molecule has 0 aromatic carbocycles. The molecule has 2 unspecified atom stereocenters. The maximum atomic E-state index is 13.1. The van der Waals surface area contributed by atoms with Gasteiger partial charge in [-0.05, 0) is 16.0 Å². The van der Waals surface area contributed by atoms with E-state index in [1.165, 1.54) is 44.9 Å². The van der Waals surface area contributed by atoms with Crippen molar-refractivity contribution < 1.29 is 19.5 Å². The molecule has 3 aliphatic rings. The van der Waals surface area contributed by atoms with Gasteiger partial charge in [0.15, 0.2) is 0 Å². The summed E-state index contributed by atoms with van der Waals surface area (Å²) >= 11 is 5.96. The van der Waals surface area contributed by atoms with Crippen LogP contribution in [-0.2, 0) is 21.4 Å². The fourth-order valence-electron chi connectivity index (χ4n) is 3.35. The third-order valence-electron chi connectivity index (χ3n) is 4.67. The summed E-state index contributed by atoms with van der Waals surface area (Å²) in [5.74, 6) is 0.912. The molecule has 0 saturated carbocycles. The van der Waals surface area contributed by atoms with Crippen molar-refractivity contribution in [3.8, 4) is 0 Å². The topological polar surface area (TPSA) is 122 Å². The first-order chi connectivity index (χ1) is 14.4. The van der Waals surface area contributed by atoms with Gasteiger partial charge in [0.05, 0.1) is 5.03 Å². The maximum Gasteiger partial charge on any atom is 0.352 e. The van der Waals surface area contributed by atoms with Gasteiger partial charge in [0.25, 0.3) is 5.91 Å². The number of hydrogen-bond acceptors (Lipinski definition) is 10. The second kappa shape index (κ2) is 8.85. The Hall–Kier alpha value is -1.64. The van der Waals surface area contributed by atoms with E-state index in [1.807, 2.05) is 5.41 Å². The smallest absolute Gasteiger partial charge is 0.352 e. The van der Waals surface area contributed by atoms with E-state index in [9.17, 15) is 19.5 Å². The zero-order valence-electron chi connectivity index (χ0n) is 16.0. The molecule has 1 aromatic heterocycles. The molecule has 4 rings (SSSR count). The van der Waals surface area contributed by atoms with Crippen molar-refractivity contribution >= 4 is 64.8 Å². The number of aromatic nitrogens is 4. The van der Waals surface area contributed by atoms with Crippen molar-refractivity contribution in [3.63, 3.8) is 0 Å². The van der Waals surface area contributed by atoms with Crippen molar-refractivity contribution in [2.45, 2.75) is 23.5 Å². The van der Waals surface area contributed by atoms with Gasteiger partial charge in [-0.3, -0.25) is 19.4 Å². The van der Waals surface area contributed by atoms with E-state index in [2.05, 4.69) is 15.5 Å². The highest BCUT2D eigenvalue weighted by molar-refractivity contribution is 8.09. The number of carboxylic acid groups (broad SMARTS) is 1. The van der Waals surface area contributed by atoms with Crippen LogP contribution in [0, 0.1) is 0 Å². The fourth-order valence-corrected chi connectivity index (χ4v) is 7.88. The Morgan fingerprint density at radius 1 is 1.40 bits per heavy atom. The molecule has 30 heavy (non-hydrogen) atoms. The number of aryl methyl sites for hydroxylation is 1. The van der Waals surface area contributed by atoms with E-state index >= 15 is 0 Å². The lowest BCUT2D eigenvalue weighted by molar-refractivity contribution is -0.157. The number of hydrogen-bond donors (Lipinski definition) is 1. The molecular weight excluding hydrogens is 468 g/mol. The SMILES string of the molecule is CC(=O)N(C1=CSCCS1)C1C(=O)N2C(C(=O)O)=C(CSc3nnnn3C)CSC12. The average molecular weight is 487 g/mol. The summed E-state index contributed by atoms with van der Waals surface area (Å²) in [4.78, 5) is 40.3. The lowest BCUT2D eigenvalue weighted by atomic mass is 10.0. The first kappa shape index (κ1) is 21.6. The fraction of sp³-hybridized carbons (Fsp3) is 0.500. The Balaban J connectivity index is 1.58. The first-order valence-corrected chi connectivity index (χ1v) is 13.0. The van der Waals surface area contributed by atoms with Gasteiger partial charge in [-0.25, -0.2) is 9.48 Å². The number of nitrogens with zero attached hydrogens (tertiary/aromatic N) is 6. The lowest BCUT2D eigenvalue weighted by Gasteiger charge is -2.53. The minimum absolute atomic E-state index is 0.00535. The molecule has 0 spiro atoms. The van der Waals surface area contributed by atoms with Gasteiger partial charge in [-0.2, -0.15) is 0 Å². The van der Waals surface area contributed by atoms with Crippen molar-refractivity contribution in [3.05, 3.63) is 21.7 Å². The van der Waals surface area contributed by atoms with Crippen LogP contribution in [0.1, 0.15) is 6.92 Å². The van der Waals surface area contributed by atoms with E-state index in [0.29, 0.717) is 22.2 Å². The molecule has 1 aromatic rings. The number of carboxylic acids is 1. The summed E-state index contributed by atoms with van der Waals surface area (Å²) in [5.41, 5.74) is 0.644.